The number of rotatable bonds is 1. The van der Waals surface area contributed by atoms with Crippen LogP contribution in [0.4, 0.5) is 5.69 Å². The molecule has 1 heterocycles. The van der Waals surface area contributed by atoms with Crippen LogP contribution in [-0.4, -0.2) is 12.0 Å². The van der Waals surface area contributed by atoms with E-state index in [2.05, 4.69) is 42.3 Å². The van der Waals surface area contributed by atoms with Gasteiger partial charge in [-0.25, -0.2) is 0 Å². The highest BCUT2D eigenvalue weighted by Crippen LogP contribution is 2.26. The molecule has 1 aromatic carbocycles. The van der Waals surface area contributed by atoms with Gasteiger partial charge in [0.2, 0.25) is 0 Å². The Balaban J connectivity index is 2.89. The van der Waals surface area contributed by atoms with Crippen LogP contribution in [0.2, 0.25) is 0 Å². The maximum Gasteiger partial charge on any atom is 0.0755 e. The second-order valence-electron chi connectivity index (χ2n) is 4.04. The van der Waals surface area contributed by atoms with E-state index in [0.29, 0.717) is 0 Å². The lowest BCUT2D eigenvalue weighted by molar-refractivity contribution is 1.23. The molecule has 78 valence electrons. The molecule has 0 aliphatic heterocycles. The molecule has 0 fully saturated rings. The van der Waals surface area contributed by atoms with Crippen LogP contribution in [0, 0.1) is 20.8 Å². The summed E-state index contributed by atoms with van der Waals surface area (Å²) in [6.45, 7) is 6.26. The van der Waals surface area contributed by atoms with Crippen molar-refractivity contribution in [1.29, 1.82) is 0 Å². The molecule has 0 radical (unpaired) electrons. The monoisotopic (exact) mass is 200 g/mol. The molecule has 0 atom stereocenters. The van der Waals surface area contributed by atoms with Gasteiger partial charge in [-0.2, -0.15) is 0 Å². The van der Waals surface area contributed by atoms with Crippen molar-refractivity contribution in [3.63, 3.8) is 0 Å². The highest BCUT2D eigenvalue weighted by atomic mass is 14.8. The lowest BCUT2D eigenvalue weighted by Gasteiger charge is -2.10. The van der Waals surface area contributed by atoms with Crippen molar-refractivity contribution in [2.24, 2.45) is 0 Å². The summed E-state index contributed by atoms with van der Waals surface area (Å²) in [5.41, 5.74) is 5.83. The number of hydrogen-bond donors (Lipinski definition) is 1. The molecule has 0 amide bonds. The molecule has 0 spiro atoms. The van der Waals surface area contributed by atoms with Crippen LogP contribution >= 0.6 is 0 Å². The average molecular weight is 200 g/mol. The van der Waals surface area contributed by atoms with E-state index in [0.717, 1.165) is 16.9 Å². The highest BCUT2D eigenvalue weighted by molar-refractivity contribution is 5.93. The Bertz CT molecular complexity index is 515. The van der Waals surface area contributed by atoms with Crippen molar-refractivity contribution < 1.29 is 0 Å². The van der Waals surface area contributed by atoms with E-state index in [-0.39, 0.29) is 0 Å². The molecule has 0 aliphatic carbocycles. The van der Waals surface area contributed by atoms with Gasteiger partial charge in [-0.1, -0.05) is 11.6 Å². The zero-order valence-corrected chi connectivity index (χ0v) is 9.68. The summed E-state index contributed by atoms with van der Waals surface area (Å²) in [7, 11) is 1.95. The molecule has 0 aliphatic rings. The van der Waals surface area contributed by atoms with Gasteiger partial charge in [0.1, 0.15) is 0 Å². The number of benzene rings is 1. The first-order valence-electron chi connectivity index (χ1n) is 5.18. The zero-order valence-electron chi connectivity index (χ0n) is 9.68. The number of aromatic nitrogens is 1. The minimum absolute atomic E-state index is 1.05. The van der Waals surface area contributed by atoms with Gasteiger partial charge < -0.3 is 5.32 Å². The lowest BCUT2D eigenvalue weighted by Crippen LogP contribution is -1.95. The molecule has 2 heteroatoms. The van der Waals surface area contributed by atoms with E-state index in [9.17, 15) is 0 Å². The summed E-state index contributed by atoms with van der Waals surface area (Å²) in [6.07, 6.45) is 0. The largest absolute Gasteiger partial charge is 0.388 e. The normalized spacial score (nSPS) is 10.7. The number of anilines is 1. The minimum atomic E-state index is 1.05. The Labute approximate surface area is 90.3 Å². The van der Waals surface area contributed by atoms with Gasteiger partial charge in [-0.05, 0) is 38.5 Å². The van der Waals surface area contributed by atoms with Crippen LogP contribution in [0.15, 0.2) is 18.2 Å². The van der Waals surface area contributed by atoms with E-state index >= 15 is 0 Å². The molecule has 2 rings (SSSR count). The van der Waals surface area contributed by atoms with Crippen molar-refractivity contribution in [3.05, 3.63) is 35.0 Å². The molecule has 0 saturated carbocycles. The molecule has 1 N–H and O–H groups in total. The number of aryl methyl sites for hydroxylation is 3. The van der Waals surface area contributed by atoms with Gasteiger partial charge in [-0.3, -0.25) is 4.98 Å². The maximum absolute atomic E-state index is 4.58. The molecule has 2 aromatic rings. The molecule has 15 heavy (non-hydrogen) atoms. The number of hydrogen-bond acceptors (Lipinski definition) is 2. The second kappa shape index (κ2) is 3.54. The molecule has 0 saturated heterocycles. The molecular weight excluding hydrogens is 184 g/mol. The summed E-state index contributed by atoms with van der Waals surface area (Å²) >= 11 is 0. The Morgan fingerprint density at radius 3 is 2.47 bits per heavy atom. The van der Waals surface area contributed by atoms with Crippen LogP contribution in [0.1, 0.15) is 16.8 Å². The summed E-state index contributed by atoms with van der Waals surface area (Å²) in [6, 6.07) is 6.44. The van der Waals surface area contributed by atoms with Crippen molar-refractivity contribution in [3.8, 4) is 0 Å². The minimum Gasteiger partial charge on any atom is -0.388 e. The lowest BCUT2D eigenvalue weighted by atomic mass is 10.0. The Hall–Kier alpha value is -1.57. The Morgan fingerprint density at radius 2 is 1.80 bits per heavy atom. The summed E-state index contributed by atoms with van der Waals surface area (Å²) in [5, 5.41) is 4.43. The van der Waals surface area contributed by atoms with Crippen LogP contribution in [0.3, 0.4) is 0 Å². The predicted octanol–water partition coefficient (Wildman–Crippen LogP) is 3.20. The van der Waals surface area contributed by atoms with Crippen LogP contribution in [0.5, 0.6) is 0 Å². The SMILES string of the molecule is CNc1cc(C)nc2c(C)cc(C)cc12. The molecule has 0 unspecified atom stereocenters. The third-order valence-corrected chi connectivity index (χ3v) is 2.65. The van der Waals surface area contributed by atoms with Gasteiger partial charge in [0.25, 0.3) is 0 Å². The van der Waals surface area contributed by atoms with Gasteiger partial charge in [0.05, 0.1) is 5.52 Å². The number of fused-ring (bicyclic) bond motifs is 1. The third kappa shape index (κ3) is 1.67. The molecule has 1 aromatic heterocycles. The first kappa shape index (κ1) is 9.97. The van der Waals surface area contributed by atoms with Gasteiger partial charge in [-0.15, -0.1) is 0 Å². The van der Waals surface area contributed by atoms with E-state index < -0.39 is 0 Å². The molecular formula is C13H16N2. The van der Waals surface area contributed by atoms with Crippen LogP contribution in [0.25, 0.3) is 10.9 Å². The maximum atomic E-state index is 4.58. The number of pyridine rings is 1. The van der Waals surface area contributed by atoms with Crippen molar-refractivity contribution in [1.82, 2.24) is 4.98 Å². The van der Waals surface area contributed by atoms with E-state index in [1.165, 1.54) is 16.5 Å². The third-order valence-electron chi connectivity index (χ3n) is 2.65. The Morgan fingerprint density at radius 1 is 1.07 bits per heavy atom. The fourth-order valence-electron chi connectivity index (χ4n) is 2.02. The highest BCUT2D eigenvalue weighted by Gasteiger charge is 2.05. The van der Waals surface area contributed by atoms with Crippen LogP contribution < -0.4 is 5.32 Å². The Kier molecular flexibility index (Phi) is 2.35. The van der Waals surface area contributed by atoms with Crippen molar-refractivity contribution >= 4 is 16.6 Å². The number of nitrogens with one attached hydrogen (secondary N) is 1. The fraction of sp³-hybridized carbons (Fsp3) is 0.308. The topological polar surface area (TPSA) is 24.9 Å². The predicted molar refractivity (Wildman–Crippen MR) is 65.5 cm³/mol. The fourth-order valence-corrected chi connectivity index (χ4v) is 2.02. The van der Waals surface area contributed by atoms with E-state index in [4.69, 9.17) is 0 Å². The quantitative estimate of drug-likeness (QED) is 0.764. The smallest absolute Gasteiger partial charge is 0.0755 e. The molecule has 2 nitrogen and oxygen atoms in total. The summed E-state index contributed by atoms with van der Waals surface area (Å²) < 4.78 is 0. The van der Waals surface area contributed by atoms with Gasteiger partial charge in [0.15, 0.2) is 0 Å². The standard InChI is InChI=1S/C13H16N2/c1-8-5-9(2)13-11(6-8)12(14-4)7-10(3)15-13/h5-7H,1-4H3,(H,14,15). The first-order valence-corrected chi connectivity index (χ1v) is 5.18. The first-order chi connectivity index (χ1) is 7.11. The zero-order chi connectivity index (χ0) is 11.0. The second-order valence-corrected chi connectivity index (χ2v) is 4.04. The van der Waals surface area contributed by atoms with E-state index in [1.807, 2.05) is 14.0 Å². The molecule has 0 bridgehead atoms. The van der Waals surface area contributed by atoms with Crippen LogP contribution in [-0.2, 0) is 0 Å². The van der Waals surface area contributed by atoms with Gasteiger partial charge in [0, 0.05) is 23.8 Å². The van der Waals surface area contributed by atoms with Gasteiger partial charge >= 0.3 is 0 Å². The number of nitrogens with zero attached hydrogens (tertiary/aromatic N) is 1. The summed E-state index contributed by atoms with van der Waals surface area (Å²) in [5.74, 6) is 0. The van der Waals surface area contributed by atoms with Crippen molar-refractivity contribution in [2.75, 3.05) is 12.4 Å². The average Bonchev–Trinajstić information content (AvgIpc) is 2.18. The van der Waals surface area contributed by atoms with Crippen molar-refractivity contribution in [2.45, 2.75) is 20.8 Å². The van der Waals surface area contributed by atoms with E-state index in [1.54, 1.807) is 0 Å². The summed E-state index contributed by atoms with van der Waals surface area (Å²) in [4.78, 5) is 4.58.